The Kier molecular flexibility index (Phi) is 7.20. The van der Waals surface area contributed by atoms with Gasteiger partial charge in [-0.05, 0) is 49.0 Å². The van der Waals surface area contributed by atoms with Crippen LogP contribution >= 0.6 is 0 Å². The summed E-state index contributed by atoms with van der Waals surface area (Å²) in [6.45, 7) is 8.33. The average Bonchev–Trinajstić information content (AvgIpc) is 2.65. The van der Waals surface area contributed by atoms with E-state index in [1.807, 2.05) is 13.8 Å². The van der Waals surface area contributed by atoms with Crippen LogP contribution in [0.1, 0.15) is 66.2 Å². The number of hydrogen-bond donors (Lipinski definition) is 1. The molecule has 8 atom stereocenters. The van der Waals surface area contributed by atoms with Crippen molar-refractivity contribution < 1.29 is 24.2 Å². The molecule has 2 unspecified atom stereocenters. The van der Waals surface area contributed by atoms with Crippen LogP contribution in [0.25, 0.3) is 0 Å². The number of aliphatic hydroxyl groups is 1. The van der Waals surface area contributed by atoms with Gasteiger partial charge in [-0.25, -0.2) is 0 Å². The first-order chi connectivity index (χ1) is 13.8. The third-order valence-corrected chi connectivity index (χ3v) is 6.93. The fourth-order valence-electron chi connectivity index (χ4n) is 5.07. The van der Waals surface area contributed by atoms with E-state index in [2.05, 4.69) is 32.1 Å². The fraction of sp³-hybridized carbons (Fsp3) is 0.750. The van der Waals surface area contributed by atoms with Gasteiger partial charge in [-0.3, -0.25) is 9.59 Å². The van der Waals surface area contributed by atoms with E-state index in [1.54, 1.807) is 0 Å². The molecule has 0 bridgehead atoms. The highest BCUT2D eigenvalue weighted by Crippen LogP contribution is 2.45. The second-order valence-corrected chi connectivity index (χ2v) is 9.36. The SMILES string of the molecule is CC[C@H](C)C(=O)O[C@H]1C[C@@H](C)C=C2C=C[C@@H](C)[C@H](CCC3C[C@@H](O)CC(=O)O3)C21. The molecule has 1 N–H and O–H groups in total. The number of aliphatic hydroxyl groups excluding tert-OH is 1. The normalized spacial score (nSPS) is 37.9. The number of ether oxygens (including phenoxy) is 2. The minimum atomic E-state index is -0.597. The minimum Gasteiger partial charge on any atom is -0.462 e. The standard InChI is InChI=1S/C24H36O5/c1-5-15(3)24(27)29-21-11-14(2)10-17-7-6-16(4)20(23(17)21)9-8-19-12-18(25)13-22(26)28-19/h6-7,10,14-16,18-21,23,25H,5,8-9,11-13H2,1-4H3/t14-,15-,16+,18+,19?,20-,21-,23?/m0/s1. The molecule has 162 valence electrons. The maximum absolute atomic E-state index is 12.5. The molecule has 1 heterocycles. The van der Waals surface area contributed by atoms with E-state index in [9.17, 15) is 14.7 Å². The van der Waals surface area contributed by atoms with Crippen molar-refractivity contribution in [1.29, 1.82) is 0 Å². The molecule has 1 saturated heterocycles. The molecule has 2 aliphatic carbocycles. The van der Waals surface area contributed by atoms with E-state index >= 15 is 0 Å². The van der Waals surface area contributed by atoms with E-state index in [0.29, 0.717) is 24.2 Å². The molecule has 3 rings (SSSR count). The van der Waals surface area contributed by atoms with Crippen LogP contribution in [-0.4, -0.2) is 35.4 Å². The Balaban J connectivity index is 1.74. The van der Waals surface area contributed by atoms with Crippen molar-refractivity contribution in [2.24, 2.45) is 29.6 Å². The van der Waals surface area contributed by atoms with Crippen molar-refractivity contribution in [3.05, 3.63) is 23.8 Å². The van der Waals surface area contributed by atoms with Gasteiger partial charge in [-0.15, -0.1) is 0 Å². The first kappa shape index (κ1) is 22.1. The van der Waals surface area contributed by atoms with Crippen LogP contribution in [0.5, 0.6) is 0 Å². The minimum absolute atomic E-state index is 0.0854. The van der Waals surface area contributed by atoms with Crippen LogP contribution in [0.2, 0.25) is 0 Å². The summed E-state index contributed by atoms with van der Waals surface area (Å²) in [4.78, 5) is 24.2. The summed E-state index contributed by atoms with van der Waals surface area (Å²) in [5, 5.41) is 9.89. The first-order valence-electron chi connectivity index (χ1n) is 11.3. The molecule has 5 heteroatoms. The summed E-state index contributed by atoms with van der Waals surface area (Å²) >= 11 is 0. The van der Waals surface area contributed by atoms with Gasteiger partial charge in [0, 0.05) is 12.3 Å². The molecular formula is C24H36O5. The molecule has 1 aliphatic heterocycles. The van der Waals surface area contributed by atoms with E-state index in [0.717, 1.165) is 25.7 Å². The molecule has 0 amide bonds. The van der Waals surface area contributed by atoms with Gasteiger partial charge < -0.3 is 14.6 Å². The lowest BCUT2D eigenvalue weighted by Gasteiger charge is -2.43. The predicted octanol–water partition coefficient (Wildman–Crippen LogP) is 4.20. The number of hydrogen-bond acceptors (Lipinski definition) is 5. The third-order valence-electron chi connectivity index (χ3n) is 6.93. The van der Waals surface area contributed by atoms with Crippen LogP contribution in [0.4, 0.5) is 0 Å². The number of carbonyl (C=O) groups excluding carboxylic acids is 2. The maximum atomic E-state index is 12.5. The molecule has 0 spiro atoms. The highest BCUT2D eigenvalue weighted by Gasteiger charge is 2.42. The number of fused-ring (bicyclic) bond motifs is 1. The van der Waals surface area contributed by atoms with Crippen molar-refractivity contribution >= 4 is 11.9 Å². The topological polar surface area (TPSA) is 72.8 Å². The second kappa shape index (κ2) is 9.46. The molecule has 0 aromatic heterocycles. The first-order valence-corrected chi connectivity index (χ1v) is 11.3. The highest BCUT2D eigenvalue weighted by atomic mass is 16.5. The van der Waals surface area contributed by atoms with Crippen LogP contribution in [0.3, 0.4) is 0 Å². The summed E-state index contributed by atoms with van der Waals surface area (Å²) in [6.07, 6.45) is 9.70. The van der Waals surface area contributed by atoms with Crippen LogP contribution < -0.4 is 0 Å². The molecule has 1 fully saturated rings. The van der Waals surface area contributed by atoms with Crippen LogP contribution in [-0.2, 0) is 19.1 Å². The Morgan fingerprint density at radius 2 is 2.07 bits per heavy atom. The van der Waals surface area contributed by atoms with Crippen molar-refractivity contribution in [3.8, 4) is 0 Å². The summed E-state index contributed by atoms with van der Waals surface area (Å²) in [5.74, 6) is 0.755. The van der Waals surface area contributed by atoms with Gasteiger partial charge in [0.1, 0.15) is 12.2 Å². The zero-order valence-electron chi connectivity index (χ0n) is 18.2. The highest BCUT2D eigenvalue weighted by molar-refractivity contribution is 5.72. The second-order valence-electron chi connectivity index (χ2n) is 9.36. The lowest BCUT2D eigenvalue weighted by Crippen LogP contribution is -2.42. The predicted molar refractivity (Wildman–Crippen MR) is 111 cm³/mol. The van der Waals surface area contributed by atoms with Gasteiger partial charge in [-0.1, -0.05) is 45.9 Å². The summed E-state index contributed by atoms with van der Waals surface area (Å²) in [5.41, 5.74) is 1.27. The van der Waals surface area contributed by atoms with Gasteiger partial charge in [-0.2, -0.15) is 0 Å². The third kappa shape index (κ3) is 5.30. The molecular weight excluding hydrogens is 368 g/mol. The van der Waals surface area contributed by atoms with Crippen molar-refractivity contribution in [2.75, 3.05) is 0 Å². The van der Waals surface area contributed by atoms with E-state index in [-0.39, 0.29) is 42.4 Å². The molecule has 0 saturated carbocycles. The van der Waals surface area contributed by atoms with E-state index in [1.165, 1.54) is 5.57 Å². The molecule has 3 aliphatic rings. The lowest BCUT2D eigenvalue weighted by atomic mass is 9.65. The largest absolute Gasteiger partial charge is 0.462 e. The molecule has 5 nitrogen and oxygen atoms in total. The smallest absolute Gasteiger partial charge is 0.308 e. The molecule has 0 aromatic carbocycles. The monoisotopic (exact) mass is 404 g/mol. The summed E-state index contributed by atoms with van der Waals surface area (Å²) in [7, 11) is 0. The van der Waals surface area contributed by atoms with Gasteiger partial charge in [0.25, 0.3) is 0 Å². The Bertz CT molecular complexity index is 666. The number of cyclic esters (lactones) is 1. The zero-order chi connectivity index (χ0) is 21.1. The molecule has 29 heavy (non-hydrogen) atoms. The van der Waals surface area contributed by atoms with E-state index < -0.39 is 6.10 Å². The Labute approximate surface area is 174 Å². The number of rotatable bonds is 6. The number of carbonyl (C=O) groups is 2. The van der Waals surface area contributed by atoms with E-state index in [4.69, 9.17) is 9.47 Å². The molecule has 0 radical (unpaired) electrons. The lowest BCUT2D eigenvalue weighted by molar-refractivity contribution is -0.162. The van der Waals surface area contributed by atoms with Gasteiger partial charge >= 0.3 is 11.9 Å². The van der Waals surface area contributed by atoms with Crippen LogP contribution in [0, 0.1) is 29.6 Å². The zero-order valence-corrected chi connectivity index (χ0v) is 18.2. The average molecular weight is 405 g/mol. The fourth-order valence-corrected chi connectivity index (χ4v) is 5.07. The van der Waals surface area contributed by atoms with Crippen molar-refractivity contribution in [2.45, 2.75) is 84.5 Å². The quantitative estimate of drug-likeness (QED) is 0.672. The Morgan fingerprint density at radius 3 is 2.76 bits per heavy atom. The Morgan fingerprint density at radius 1 is 1.31 bits per heavy atom. The van der Waals surface area contributed by atoms with Gasteiger partial charge in [0.15, 0.2) is 0 Å². The van der Waals surface area contributed by atoms with Crippen molar-refractivity contribution in [3.63, 3.8) is 0 Å². The van der Waals surface area contributed by atoms with Crippen molar-refractivity contribution in [1.82, 2.24) is 0 Å². The summed E-state index contributed by atoms with van der Waals surface area (Å²) in [6, 6.07) is 0. The summed E-state index contributed by atoms with van der Waals surface area (Å²) < 4.78 is 11.5. The number of esters is 2. The number of allylic oxidation sites excluding steroid dienone is 3. The van der Waals surface area contributed by atoms with Gasteiger partial charge in [0.2, 0.25) is 0 Å². The van der Waals surface area contributed by atoms with Gasteiger partial charge in [0.05, 0.1) is 18.4 Å². The maximum Gasteiger partial charge on any atom is 0.308 e. The molecule has 0 aromatic rings. The Hall–Kier alpha value is -1.62. The van der Waals surface area contributed by atoms with Crippen LogP contribution in [0.15, 0.2) is 23.8 Å².